The monoisotopic (exact) mass is 204 g/mol. The van der Waals surface area contributed by atoms with Crippen molar-refractivity contribution >= 4 is 108 Å². The van der Waals surface area contributed by atoms with Crippen LogP contribution in [0.15, 0.2) is 0 Å². The van der Waals surface area contributed by atoms with E-state index in [0.717, 1.165) is 0 Å². The van der Waals surface area contributed by atoms with Gasteiger partial charge in [0, 0.05) is 0 Å². The molecule has 0 N–H and O–H groups in total. The molecule has 0 radical (unpaired) electrons. The number of rotatable bonds is 0. The van der Waals surface area contributed by atoms with Crippen LogP contribution in [0.3, 0.4) is 0 Å². The third kappa shape index (κ3) is 9.01. The van der Waals surface area contributed by atoms with Crippen LogP contribution < -0.4 is 0 Å². The quantitative estimate of drug-likeness (QED) is 0.445. The van der Waals surface area contributed by atoms with E-state index in [4.69, 9.17) is 0 Å². The van der Waals surface area contributed by atoms with Gasteiger partial charge in [0.2, 0.25) is 0 Å². The first-order chi connectivity index (χ1) is 0. The molecule has 0 rings (SSSR count). The van der Waals surface area contributed by atoms with Crippen molar-refractivity contribution in [1.82, 2.24) is 0 Å². The molecule has 0 aromatic heterocycles. The van der Waals surface area contributed by atoms with Crippen LogP contribution in [0, 0.1) is 0 Å². The van der Waals surface area contributed by atoms with E-state index in [1.54, 1.807) is 0 Å². The summed E-state index contributed by atoms with van der Waals surface area (Å²) in [6.45, 7) is 0. The molecule has 0 amide bonds. The predicted molar refractivity (Wildman–Crippen MR) is 31.6 cm³/mol. The Hall–Kier alpha value is 3.32. The summed E-state index contributed by atoms with van der Waals surface area (Å²) >= 11 is 0. The molecule has 0 spiro atoms. The van der Waals surface area contributed by atoms with Gasteiger partial charge in [0.1, 0.15) is 0 Å². The molecular weight excluding hydrogens is 199 g/mol. The van der Waals surface area contributed by atoms with Crippen LogP contribution in [0.5, 0.6) is 0 Å². The third-order valence-electron chi connectivity index (χ3n) is 0. The van der Waals surface area contributed by atoms with Crippen molar-refractivity contribution in [1.29, 1.82) is 0 Å². The Morgan fingerprint density at radius 2 is 0.750 bits per heavy atom. The normalized spacial score (nSPS) is 0. The Morgan fingerprint density at radius 1 is 0.750 bits per heavy atom. The Labute approximate surface area is 105 Å². The first kappa shape index (κ1) is 26.5. The van der Waals surface area contributed by atoms with E-state index < -0.39 is 0 Å². The maximum atomic E-state index is 0. The van der Waals surface area contributed by atoms with Crippen molar-refractivity contribution in [2.75, 3.05) is 0 Å². The van der Waals surface area contributed by atoms with Gasteiger partial charge in [-0.25, -0.2) is 0 Å². The van der Waals surface area contributed by atoms with Crippen molar-refractivity contribution < 1.29 is 0 Å². The van der Waals surface area contributed by atoms with Crippen LogP contribution in [0.2, 0.25) is 0 Å². The summed E-state index contributed by atoms with van der Waals surface area (Å²) in [6.07, 6.45) is 0. The third-order valence-corrected chi connectivity index (χ3v) is 0. The van der Waals surface area contributed by atoms with Gasteiger partial charge >= 0.3 is 83.2 Å². The maximum absolute atomic E-state index is 0. The minimum atomic E-state index is 0. The van der Waals surface area contributed by atoms with E-state index in [1.165, 1.54) is 0 Å². The second-order valence-corrected chi connectivity index (χ2v) is 0. The molecule has 0 saturated heterocycles. The average molecular weight is 205 g/mol. The fraction of sp³-hybridized carbons (Fsp3) is 0. The van der Waals surface area contributed by atoms with Crippen molar-refractivity contribution in [3.05, 3.63) is 0 Å². The molecule has 0 heterocycles. The van der Waals surface area contributed by atoms with E-state index in [2.05, 4.69) is 0 Å². The summed E-state index contributed by atoms with van der Waals surface area (Å²) < 4.78 is 0. The Bertz CT molecular complexity index is 6.00. The molecule has 0 aromatic carbocycles. The molecule has 0 bridgehead atoms. The summed E-state index contributed by atoms with van der Waals surface area (Å²) in [4.78, 5) is 0. The van der Waals surface area contributed by atoms with Crippen LogP contribution >= 0.6 is 24.8 Å². The fourth-order valence-electron chi connectivity index (χ4n) is 0. The van der Waals surface area contributed by atoms with E-state index in [-0.39, 0.29) is 108 Å². The molecule has 0 nitrogen and oxygen atoms in total. The van der Waals surface area contributed by atoms with Gasteiger partial charge in [-0.05, 0) is 0 Å². The molecule has 4 heteroatoms. The van der Waals surface area contributed by atoms with E-state index in [1.807, 2.05) is 0 Å². The standard InChI is InChI=1S/Ca.2ClH.Sr.4H/h;2*1H;;;;;. The summed E-state index contributed by atoms with van der Waals surface area (Å²) in [5.74, 6) is 0. The minimum absolute atomic E-state index is 0. The summed E-state index contributed by atoms with van der Waals surface area (Å²) in [7, 11) is 0. The van der Waals surface area contributed by atoms with Crippen LogP contribution in [-0.2, 0) is 0 Å². The zero-order chi connectivity index (χ0) is 0. The fourth-order valence-corrected chi connectivity index (χ4v) is 0. The Morgan fingerprint density at radius 3 is 0.750 bits per heavy atom. The second-order valence-electron chi connectivity index (χ2n) is 0. The summed E-state index contributed by atoms with van der Waals surface area (Å²) in [6, 6.07) is 0. The van der Waals surface area contributed by atoms with E-state index in [0.29, 0.717) is 0 Å². The average Bonchev–Trinajstić information content (AvgIpc) is 0. The Kier molecular flexibility index (Phi) is 108. The Balaban J connectivity index is 0. The summed E-state index contributed by atoms with van der Waals surface area (Å²) in [5, 5.41) is 0. The number of hydrogen-bond donors (Lipinski definition) is 0. The molecule has 24 valence electrons. The molecule has 0 fully saturated rings. The molecule has 0 unspecified atom stereocenters. The first-order valence-corrected chi connectivity index (χ1v) is 0. The van der Waals surface area contributed by atoms with Crippen molar-refractivity contribution in [2.24, 2.45) is 0 Å². The van der Waals surface area contributed by atoms with Crippen LogP contribution in [-0.4, -0.2) is 83.2 Å². The van der Waals surface area contributed by atoms with Crippen LogP contribution in [0.1, 0.15) is 0 Å². The van der Waals surface area contributed by atoms with Gasteiger partial charge < -0.3 is 0 Å². The van der Waals surface area contributed by atoms with Crippen LogP contribution in [0.4, 0.5) is 0 Å². The van der Waals surface area contributed by atoms with Gasteiger partial charge in [0.25, 0.3) is 0 Å². The van der Waals surface area contributed by atoms with Gasteiger partial charge in [0.05, 0.1) is 0 Å². The molecule has 0 atom stereocenters. The topological polar surface area (TPSA) is 0 Å². The summed E-state index contributed by atoms with van der Waals surface area (Å²) in [5.41, 5.74) is 0. The molecule has 0 aromatic rings. The van der Waals surface area contributed by atoms with Gasteiger partial charge in [-0.1, -0.05) is 0 Å². The zero-order valence-electron chi connectivity index (χ0n) is 0.816. The van der Waals surface area contributed by atoms with E-state index >= 15 is 0 Å². The van der Waals surface area contributed by atoms with Crippen molar-refractivity contribution in [3.8, 4) is 0 Å². The first-order valence-electron chi connectivity index (χ1n) is 0. The molecule has 4 heavy (non-hydrogen) atoms. The number of hydrogen-bond acceptors (Lipinski definition) is 0. The molecule has 0 aliphatic carbocycles. The molecule has 0 aliphatic rings. The molecular formula is H6CaCl2Sr. The van der Waals surface area contributed by atoms with Gasteiger partial charge in [-0.15, -0.1) is 24.8 Å². The molecule has 0 saturated carbocycles. The van der Waals surface area contributed by atoms with Gasteiger partial charge in [-0.2, -0.15) is 0 Å². The van der Waals surface area contributed by atoms with Crippen molar-refractivity contribution in [3.63, 3.8) is 0 Å². The SMILES string of the molecule is Cl.Cl.[CaH2].[SrH2]. The van der Waals surface area contributed by atoms with Crippen LogP contribution in [0.25, 0.3) is 0 Å². The number of halogens is 2. The van der Waals surface area contributed by atoms with Gasteiger partial charge in [-0.3, -0.25) is 0 Å². The van der Waals surface area contributed by atoms with Gasteiger partial charge in [0.15, 0.2) is 0 Å². The molecule has 0 aliphatic heterocycles. The predicted octanol–water partition coefficient (Wildman–Crippen LogP) is -0.989. The van der Waals surface area contributed by atoms with E-state index in [9.17, 15) is 0 Å². The second kappa shape index (κ2) is 16.2. The zero-order valence-corrected chi connectivity index (χ0v) is 2.45. The van der Waals surface area contributed by atoms with Crippen molar-refractivity contribution in [2.45, 2.75) is 0 Å².